The maximum Gasteiger partial charge on any atom is 0.144 e. The first kappa shape index (κ1) is 52.5. The van der Waals surface area contributed by atoms with Crippen molar-refractivity contribution in [2.24, 2.45) is 15.5 Å². The Balaban J connectivity index is 0.000000179. The van der Waals surface area contributed by atoms with Crippen molar-refractivity contribution in [3.63, 3.8) is 0 Å². The summed E-state index contributed by atoms with van der Waals surface area (Å²) < 4.78 is 11.6. The van der Waals surface area contributed by atoms with Crippen molar-refractivity contribution in [1.29, 1.82) is 0 Å². The van der Waals surface area contributed by atoms with Gasteiger partial charge in [-0.05, 0) is 96.3 Å². The van der Waals surface area contributed by atoms with Gasteiger partial charge < -0.3 is 57.1 Å². The van der Waals surface area contributed by atoms with Crippen LogP contribution in [0.3, 0.4) is 0 Å². The number of rotatable bonds is 19. The molecule has 0 bridgehead atoms. The second kappa shape index (κ2) is 28.0. The molecule has 0 aliphatic rings. The van der Waals surface area contributed by atoms with Gasteiger partial charge in [0.15, 0.2) is 0 Å². The fourth-order valence-electron chi connectivity index (χ4n) is 6.37. The Labute approximate surface area is 423 Å². The number of nitrogens with zero attached hydrogens (tertiary/aromatic N) is 9. The lowest BCUT2D eigenvalue weighted by atomic mass is 9.99. The Morgan fingerprint density at radius 2 is 0.849 bits per heavy atom. The molecule has 5 aromatic carbocycles. The third-order valence-electron chi connectivity index (χ3n) is 10.4. The normalized spacial score (nSPS) is 11.1. The molecule has 1 atom stereocenters. The molecule has 0 aliphatic heterocycles. The summed E-state index contributed by atoms with van der Waals surface area (Å²) in [6.07, 6.45) is 9.72. The number of aromatic nitrogens is 6. The van der Waals surface area contributed by atoms with Crippen molar-refractivity contribution in [1.82, 2.24) is 29.9 Å². The number of hydrogen-bond donors (Lipinski definition) is 6. The zero-order valence-corrected chi connectivity index (χ0v) is 41.0. The predicted octanol–water partition coefficient (Wildman–Crippen LogP) is 10.2. The molecule has 0 radical (unpaired) electrons. The standard InChI is InChI=1S/C19H19N5O2.C18H17N5O2.C16H21N5O/c1-25-23-11-17-18(20)21-13-22-19(17)24-15-7-9-16(10-8-15)26-12-14-5-3-2-4-6-14;1-24-22-11-16-17(19)20-12-21-18(16)23-13-7-9-15(10-8-13)25-14-5-3-2-4-6-14;1-4-11(2)12-5-7-13(8-6-12)21-16-14(9-20-22-3)15(17)18-10-19-16/h2-11,13H,12H2,1H3,(H3,20,21,22,24);2-12H,1H3,(H3,19,20,21,23);5-11H,4H2,1-3H3,(H3,17,18,19,21)/b23-11+;22-11+;20-9+. The predicted molar refractivity (Wildman–Crippen MR) is 288 cm³/mol. The van der Waals surface area contributed by atoms with Gasteiger partial charge in [0.2, 0.25) is 0 Å². The van der Waals surface area contributed by atoms with E-state index >= 15 is 0 Å². The highest BCUT2D eigenvalue weighted by atomic mass is 16.6. The van der Waals surface area contributed by atoms with Gasteiger partial charge in [-0.3, -0.25) is 0 Å². The Morgan fingerprint density at radius 3 is 1.25 bits per heavy atom. The van der Waals surface area contributed by atoms with Crippen molar-refractivity contribution in [2.75, 3.05) is 54.5 Å². The summed E-state index contributed by atoms with van der Waals surface area (Å²) in [5.41, 5.74) is 24.3. The van der Waals surface area contributed by atoms with E-state index in [-0.39, 0.29) is 0 Å². The smallest absolute Gasteiger partial charge is 0.144 e. The van der Waals surface area contributed by atoms with Gasteiger partial charge >= 0.3 is 0 Å². The van der Waals surface area contributed by atoms with Gasteiger partial charge in [0.05, 0.1) is 35.3 Å². The topological polar surface area (TPSA) is 275 Å². The molecule has 0 amide bonds. The molecule has 8 rings (SSSR count). The summed E-state index contributed by atoms with van der Waals surface area (Å²) in [4.78, 5) is 38.6. The minimum absolute atomic E-state index is 0.308. The molecule has 0 saturated heterocycles. The van der Waals surface area contributed by atoms with Gasteiger partial charge in [-0.15, -0.1) is 0 Å². The van der Waals surface area contributed by atoms with Crippen LogP contribution in [0.2, 0.25) is 0 Å². The number of benzene rings is 5. The summed E-state index contributed by atoms with van der Waals surface area (Å²) in [7, 11) is 4.38. The van der Waals surface area contributed by atoms with Crippen LogP contribution < -0.4 is 42.6 Å². The lowest BCUT2D eigenvalue weighted by Crippen LogP contribution is -2.05. The molecule has 3 aromatic heterocycles. The van der Waals surface area contributed by atoms with Gasteiger partial charge in [0.25, 0.3) is 0 Å². The fraction of sp³-hybridized carbons (Fsp3) is 0.151. The Bertz CT molecular complexity index is 3000. The van der Waals surface area contributed by atoms with Gasteiger partial charge in [-0.1, -0.05) is 90.0 Å². The van der Waals surface area contributed by atoms with Crippen molar-refractivity contribution in [2.45, 2.75) is 32.8 Å². The number of anilines is 9. The van der Waals surface area contributed by atoms with Crippen LogP contribution >= 0.6 is 0 Å². The van der Waals surface area contributed by atoms with Gasteiger partial charge in [0, 0.05) is 17.1 Å². The Morgan fingerprint density at radius 1 is 0.479 bits per heavy atom. The van der Waals surface area contributed by atoms with Crippen LogP contribution in [-0.4, -0.2) is 69.9 Å². The van der Waals surface area contributed by atoms with E-state index in [9.17, 15) is 0 Å². The van der Waals surface area contributed by atoms with E-state index in [1.165, 1.54) is 64.5 Å². The molecule has 3 heterocycles. The van der Waals surface area contributed by atoms with Crippen LogP contribution in [0.1, 0.15) is 54.0 Å². The molecule has 20 heteroatoms. The fourth-order valence-corrected chi connectivity index (χ4v) is 6.37. The highest BCUT2D eigenvalue weighted by molar-refractivity contribution is 5.94. The van der Waals surface area contributed by atoms with Gasteiger partial charge in [0.1, 0.15) is 99.1 Å². The second-order valence-corrected chi connectivity index (χ2v) is 15.4. The molecule has 1 unspecified atom stereocenters. The number of hydrogen-bond acceptors (Lipinski definition) is 20. The number of ether oxygens (including phenoxy) is 2. The summed E-state index contributed by atoms with van der Waals surface area (Å²) in [5, 5.41) is 20.8. The molecule has 20 nitrogen and oxygen atoms in total. The Kier molecular flexibility index (Phi) is 20.1. The van der Waals surface area contributed by atoms with Crippen molar-refractivity contribution < 1.29 is 24.0 Å². The largest absolute Gasteiger partial charge is 0.489 e. The molecule has 73 heavy (non-hydrogen) atoms. The summed E-state index contributed by atoms with van der Waals surface area (Å²) in [5.74, 6) is 5.47. The zero-order chi connectivity index (χ0) is 51.6. The van der Waals surface area contributed by atoms with E-state index in [0.29, 0.717) is 64.1 Å². The van der Waals surface area contributed by atoms with Crippen LogP contribution in [-0.2, 0) is 21.1 Å². The minimum Gasteiger partial charge on any atom is -0.489 e. The molecule has 8 aromatic rings. The van der Waals surface area contributed by atoms with Gasteiger partial charge in [-0.25, -0.2) is 29.9 Å². The lowest BCUT2D eigenvalue weighted by Gasteiger charge is -2.12. The quantitative estimate of drug-likeness (QED) is 0.0325. The van der Waals surface area contributed by atoms with Crippen molar-refractivity contribution in [3.8, 4) is 17.2 Å². The summed E-state index contributed by atoms with van der Waals surface area (Å²) in [6, 6.07) is 43.0. The maximum atomic E-state index is 5.88. The van der Waals surface area contributed by atoms with E-state index in [0.717, 1.165) is 46.3 Å². The molecular formula is C53H57N15O5. The van der Waals surface area contributed by atoms with E-state index in [1.807, 2.05) is 121 Å². The number of nitrogen functional groups attached to an aromatic ring is 3. The van der Waals surface area contributed by atoms with Crippen molar-refractivity contribution in [3.05, 3.63) is 180 Å². The van der Waals surface area contributed by atoms with Crippen molar-refractivity contribution >= 4 is 70.6 Å². The van der Waals surface area contributed by atoms with Crippen LogP contribution in [0.15, 0.2) is 168 Å². The van der Waals surface area contributed by atoms with E-state index in [2.05, 4.69) is 87.3 Å². The average molecular weight is 984 g/mol. The number of oxime groups is 3. The van der Waals surface area contributed by atoms with Gasteiger partial charge in [-0.2, -0.15) is 0 Å². The van der Waals surface area contributed by atoms with Crippen LogP contribution in [0.25, 0.3) is 0 Å². The lowest BCUT2D eigenvalue weighted by molar-refractivity contribution is 0.215. The summed E-state index contributed by atoms with van der Waals surface area (Å²) >= 11 is 0. The van der Waals surface area contributed by atoms with Crippen LogP contribution in [0, 0.1) is 0 Å². The molecule has 0 saturated carbocycles. The van der Waals surface area contributed by atoms with E-state index < -0.39 is 0 Å². The molecule has 374 valence electrons. The number of nitrogens with two attached hydrogens (primary N) is 3. The first-order valence-corrected chi connectivity index (χ1v) is 22.7. The highest BCUT2D eigenvalue weighted by Gasteiger charge is 2.11. The number of nitrogens with one attached hydrogen (secondary N) is 3. The number of para-hydroxylation sites is 1. The van der Waals surface area contributed by atoms with Crippen LogP contribution in [0.5, 0.6) is 17.2 Å². The third-order valence-corrected chi connectivity index (χ3v) is 10.4. The molecular weight excluding hydrogens is 927 g/mol. The third kappa shape index (κ3) is 16.4. The minimum atomic E-state index is 0.308. The summed E-state index contributed by atoms with van der Waals surface area (Å²) in [6.45, 7) is 4.92. The first-order chi connectivity index (χ1) is 35.7. The van der Waals surface area contributed by atoms with Crippen LogP contribution in [0.4, 0.5) is 52.0 Å². The Hall–Kier alpha value is -9.85. The highest BCUT2D eigenvalue weighted by Crippen LogP contribution is 2.27. The first-order valence-electron chi connectivity index (χ1n) is 22.7. The average Bonchev–Trinajstić information content (AvgIpc) is 3.42. The molecule has 0 fully saturated rings. The SMILES string of the molecule is CCC(C)c1ccc(Nc2ncnc(N)c2/C=N/OC)cc1.CO/N=C/c1c(N)ncnc1Nc1ccc(OCc2ccccc2)cc1.CO/N=C/c1c(N)ncnc1Nc1ccc(Oc2ccccc2)cc1. The molecule has 0 aliphatic carbocycles. The molecule has 9 N–H and O–H groups in total. The zero-order valence-electron chi connectivity index (χ0n) is 41.0. The molecule has 0 spiro atoms. The van der Waals surface area contributed by atoms with E-state index in [1.54, 1.807) is 0 Å². The monoisotopic (exact) mass is 983 g/mol. The maximum absolute atomic E-state index is 5.88. The van der Waals surface area contributed by atoms with E-state index in [4.69, 9.17) is 41.2 Å². The second-order valence-electron chi connectivity index (χ2n) is 15.4.